The molecule has 4 rings (SSSR count). The Morgan fingerprint density at radius 2 is 2.07 bits per heavy atom. The van der Waals surface area contributed by atoms with Crippen LogP contribution >= 0.6 is 0 Å². The molecule has 1 saturated heterocycles. The maximum absolute atomic E-state index is 12.4. The van der Waals surface area contributed by atoms with Crippen molar-refractivity contribution < 1.29 is 19.1 Å². The van der Waals surface area contributed by atoms with Gasteiger partial charge in [-0.1, -0.05) is 6.07 Å². The molecule has 1 fully saturated rings. The van der Waals surface area contributed by atoms with Crippen LogP contribution in [-0.4, -0.2) is 61.2 Å². The lowest BCUT2D eigenvalue weighted by Crippen LogP contribution is -2.50. The number of carbonyl (C=O) groups is 2. The quantitative estimate of drug-likeness (QED) is 0.711. The van der Waals surface area contributed by atoms with Crippen LogP contribution in [0.5, 0.6) is 11.5 Å². The number of nitrogens with one attached hydrogen (secondary N) is 3. The summed E-state index contributed by atoms with van der Waals surface area (Å²) in [5.41, 5.74) is 1.56. The van der Waals surface area contributed by atoms with E-state index in [1.165, 1.54) is 0 Å². The maximum Gasteiger partial charge on any atom is 0.325 e. The number of carbonyl (C=O) groups excluding carboxylic acids is 2. The van der Waals surface area contributed by atoms with Gasteiger partial charge in [0.1, 0.15) is 13.2 Å². The van der Waals surface area contributed by atoms with Crippen LogP contribution in [0.1, 0.15) is 11.6 Å². The van der Waals surface area contributed by atoms with Crippen LogP contribution in [0.15, 0.2) is 42.7 Å². The second kappa shape index (κ2) is 8.89. The molecule has 0 saturated carbocycles. The Morgan fingerprint density at radius 1 is 1.21 bits per heavy atom. The number of benzene rings is 1. The lowest BCUT2D eigenvalue weighted by Gasteiger charge is -2.35. The summed E-state index contributed by atoms with van der Waals surface area (Å²) in [6.07, 6.45) is 3.52. The second-order valence-electron chi connectivity index (χ2n) is 6.84. The lowest BCUT2D eigenvalue weighted by atomic mass is 10.1. The first-order valence-corrected chi connectivity index (χ1v) is 9.54. The molecule has 2 aromatic rings. The third-order valence-electron chi connectivity index (χ3n) is 4.82. The summed E-state index contributed by atoms with van der Waals surface area (Å²) in [7, 11) is 0. The second-order valence-corrected chi connectivity index (χ2v) is 6.84. The zero-order valence-electron chi connectivity index (χ0n) is 15.9. The van der Waals surface area contributed by atoms with E-state index in [2.05, 4.69) is 20.9 Å². The molecule has 152 valence electrons. The van der Waals surface area contributed by atoms with Crippen LogP contribution in [-0.2, 0) is 4.79 Å². The van der Waals surface area contributed by atoms with Crippen LogP contribution in [0.3, 0.4) is 0 Å². The summed E-state index contributed by atoms with van der Waals surface area (Å²) in [6.45, 7) is 3.30. The van der Waals surface area contributed by atoms with Gasteiger partial charge in [0.15, 0.2) is 11.5 Å². The average molecular weight is 397 g/mol. The number of amides is 3. The minimum atomic E-state index is -0.584. The van der Waals surface area contributed by atoms with E-state index in [9.17, 15) is 9.59 Å². The zero-order chi connectivity index (χ0) is 20.1. The number of pyridine rings is 1. The van der Waals surface area contributed by atoms with Crippen molar-refractivity contribution in [3.63, 3.8) is 0 Å². The molecule has 9 nitrogen and oxygen atoms in total. The number of hydrogen-bond acceptors (Lipinski definition) is 7. The van der Waals surface area contributed by atoms with Gasteiger partial charge in [0.05, 0.1) is 6.54 Å². The van der Waals surface area contributed by atoms with Crippen LogP contribution < -0.4 is 25.4 Å². The predicted molar refractivity (Wildman–Crippen MR) is 106 cm³/mol. The summed E-state index contributed by atoms with van der Waals surface area (Å²) in [5, 5.41) is 8.38. The Balaban J connectivity index is 1.33. The van der Waals surface area contributed by atoms with E-state index in [0.29, 0.717) is 36.9 Å². The third kappa shape index (κ3) is 4.82. The molecular weight excluding hydrogens is 374 g/mol. The van der Waals surface area contributed by atoms with Gasteiger partial charge in [0.2, 0.25) is 5.91 Å². The van der Waals surface area contributed by atoms with Crippen molar-refractivity contribution in [3.8, 4) is 11.5 Å². The normalized spacial score (nSPS) is 18.7. The molecule has 3 N–H and O–H groups in total. The first-order chi connectivity index (χ1) is 14.2. The van der Waals surface area contributed by atoms with Gasteiger partial charge in [-0.2, -0.15) is 0 Å². The summed E-state index contributed by atoms with van der Waals surface area (Å²) in [5.74, 6) is 0.842. The highest BCUT2D eigenvalue weighted by molar-refractivity contribution is 6.01. The van der Waals surface area contributed by atoms with Crippen LogP contribution in [0.25, 0.3) is 0 Å². The van der Waals surface area contributed by atoms with E-state index in [4.69, 9.17) is 9.47 Å². The molecule has 0 aliphatic carbocycles. The summed E-state index contributed by atoms with van der Waals surface area (Å²) < 4.78 is 11.0. The van der Waals surface area contributed by atoms with E-state index < -0.39 is 6.03 Å². The Labute approximate surface area is 168 Å². The molecule has 2 aliphatic rings. The summed E-state index contributed by atoms with van der Waals surface area (Å²) in [6, 6.07) is 8.42. The van der Waals surface area contributed by atoms with Crippen LogP contribution in [0, 0.1) is 0 Å². The number of piperazine rings is 1. The Morgan fingerprint density at radius 3 is 2.90 bits per heavy atom. The van der Waals surface area contributed by atoms with Gasteiger partial charge in [-0.05, 0) is 23.8 Å². The van der Waals surface area contributed by atoms with Crippen LogP contribution in [0.4, 0.5) is 10.5 Å². The molecule has 29 heavy (non-hydrogen) atoms. The molecule has 3 amide bonds. The van der Waals surface area contributed by atoms with Gasteiger partial charge in [0.25, 0.3) is 0 Å². The summed E-state index contributed by atoms with van der Waals surface area (Å²) >= 11 is 0. The number of urea groups is 1. The van der Waals surface area contributed by atoms with Crippen molar-refractivity contribution in [1.82, 2.24) is 20.5 Å². The highest BCUT2D eigenvalue weighted by Crippen LogP contribution is 2.32. The van der Waals surface area contributed by atoms with E-state index in [1.54, 1.807) is 30.6 Å². The Kier molecular flexibility index (Phi) is 5.87. The molecule has 1 unspecified atom stereocenters. The maximum atomic E-state index is 12.4. The average Bonchev–Trinajstić information content (AvgIpc) is 2.74. The van der Waals surface area contributed by atoms with E-state index in [-0.39, 0.29) is 18.5 Å². The Hall–Kier alpha value is -3.17. The van der Waals surface area contributed by atoms with Crippen molar-refractivity contribution in [2.45, 2.75) is 6.04 Å². The molecule has 1 atom stereocenters. The van der Waals surface area contributed by atoms with Crippen molar-refractivity contribution in [2.75, 3.05) is 44.7 Å². The number of imide groups is 1. The zero-order valence-corrected chi connectivity index (χ0v) is 15.9. The molecule has 0 radical (unpaired) electrons. The number of hydrogen-bond donors (Lipinski definition) is 3. The number of rotatable bonds is 4. The number of nitrogens with zero attached hydrogens (tertiary/aromatic N) is 2. The SMILES string of the molecule is O=C(CN1CCNCC1c1cccnc1)NC(=O)Nc1ccc2c(c1)OCCO2. The molecule has 9 heteroatoms. The molecule has 3 heterocycles. The highest BCUT2D eigenvalue weighted by atomic mass is 16.6. The molecular formula is C20H23N5O4. The molecule has 2 aliphatic heterocycles. The number of ether oxygens (including phenoxy) is 2. The van der Waals surface area contributed by atoms with Crippen molar-refractivity contribution >= 4 is 17.6 Å². The number of fused-ring (bicyclic) bond motifs is 1. The molecule has 1 aromatic carbocycles. The minimum absolute atomic E-state index is 0.0315. The van der Waals surface area contributed by atoms with Crippen molar-refractivity contribution in [1.29, 1.82) is 0 Å². The van der Waals surface area contributed by atoms with Gasteiger partial charge in [-0.25, -0.2) is 4.79 Å². The van der Waals surface area contributed by atoms with Gasteiger partial charge < -0.3 is 20.1 Å². The molecule has 0 bridgehead atoms. The summed E-state index contributed by atoms with van der Waals surface area (Å²) in [4.78, 5) is 30.9. The fraction of sp³-hybridized carbons (Fsp3) is 0.350. The first-order valence-electron chi connectivity index (χ1n) is 9.54. The largest absolute Gasteiger partial charge is 0.486 e. The number of anilines is 1. The third-order valence-corrected chi connectivity index (χ3v) is 4.82. The Bertz CT molecular complexity index is 876. The topological polar surface area (TPSA) is 105 Å². The predicted octanol–water partition coefficient (Wildman–Crippen LogP) is 1.15. The smallest absolute Gasteiger partial charge is 0.325 e. The van der Waals surface area contributed by atoms with Crippen LogP contribution in [0.2, 0.25) is 0 Å². The van der Waals surface area contributed by atoms with E-state index >= 15 is 0 Å². The fourth-order valence-corrected chi connectivity index (χ4v) is 3.47. The standard InChI is InChI=1S/C20H23N5O4/c26-19(13-25-7-6-22-12-16(25)14-2-1-5-21-11-14)24-20(27)23-15-3-4-17-18(10-15)29-9-8-28-17/h1-5,10-11,16,22H,6-9,12-13H2,(H2,23,24,26,27). The van der Waals surface area contributed by atoms with E-state index in [0.717, 1.165) is 18.7 Å². The number of aromatic nitrogens is 1. The lowest BCUT2D eigenvalue weighted by molar-refractivity contribution is -0.121. The van der Waals surface area contributed by atoms with Crippen molar-refractivity contribution in [3.05, 3.63) is 48.3 Å². The first kappa shape index (κ1) is 19.2. The highest BCUT2D eigenvalue weighted by Gasteiger charge is 2.26. The van der Waals surface area contributed by atoms with Gasteiger partial charge >= 0.3 is 6.03 Å². The van der Waals surface area contributed by atoms with Crippen molar-refractivity contribution in [2.24, 2.45) is 0 Å². The van der Waals surface area contributed by atoms with Gasteiger partial charge in [0, 0.05) is 49.8 Å². The molecule has 0 spiro atoms. The minimum Gasteiger partial charge on any atom is -0.486 e. The molecule has 1 aromatic heterocycles. The van der Waals surface area contributed by atoms with Gasteiger partial charge in [-0.15, -0.1) is 0 Å². The van der Waals surface area contributed by atoms with Gasteiger partial charge in [-0.3, -0.25) is 20.0 Å². The monoisotopic (exact) mass is 397 g/mol. The van der Waals surface area contributed by atoms with E-state index in [1.807, 2.05) is 17.0 Å². The fourth-order valence-electron chi connectivity index (χ4n) is 3.47.